The Hall–Kier alpha value is -0.610. The number of hydrogen-bond donors (Lipinski definition) is 1. The lowest BCUT2D eigenvalue weighted by Gasteiger charge is -2.14. The van der Waals surface area contributed by atoms with Gasteiger partial charge in [0, 0.05) is 40.2 Å². The summed E-state index contributed by atoms with van der Waals surface area (Å²) in [6.45, 7) is 0.776. The Morgan fingerprint density at radius 1 is 1.47 bits per heavy atom. The number of methoxy groups -OCH3 is 1. The van der Waals surface area contributed by atoms with E-state index in [-0.39, 0.29) is 5.91 Å². The van der Waals surface area contributed by atoms with Crippen LogP contribution in [0.1, 0.15) is 25.7 Å². The molecular formula is C11H22N2O2. The van der Waals surface area contributed by atoms with Gasteiger partial charge in [0.05, 0.1) is 6.10 Å². The molecule has 0 aliphatic heterocycles. The molecule has 15 heavy (non-hydrogen) atoms. The molecule has 2 atom stereocenters. The number of carbonyl (C=O) groups excluding carboxylic acids is 1. The van der Waals surface area contributed by atoms with Gasteiger partial charge in [0.1, 0.15) is 0 Å². The lowest BCUT2D eigenvalue weighted by molar-refractivity contribution is -0.128. The van der Waals surface area contributed by atoms with Gasteiger partial charge in [-0.2, -0.15) is 0 Å². The molecule has 0 aromatic heterocycles. The highest BCUT2D eigenvalue weighted by molar-refractivity contribution is 5.75. The van der Waals surface area contributed by atoms with Crippen molar-refractivity contribution < 1.29 is 9.53 Å². The van der Waals surface area contributed by atoms with Crippen LogP contribution in [0.15, 0.2) is 0 Å². The van der Waals surface area contributed by atoms with E-state index in [1.54, 1.807) is 26.1 Å². The summed E-state index contributed by atoms with van der Waals surface area (Å²) in [6, 6.07) is 0.532. The van der Waals surface area contributed by atoms with Gasteiger partial charge in [-0.05, 0) is 19.3 Å². The highest BCUT2D eigenvalue weighted by Gasteiger charge is 2.23. The molecule has 0 spiro atoms. The van der Waals surface area contributed by atoms with Crippen LogP contribution in [0.25, 0.3) is 0 Å². The molecular weight excluding hydrogens is 192 g/mol. The second-order valence-electron chi connectivity index (χ2n) is 4.36. The van der Waals surface area contributed by atoms with Gasteiger partial charge in [-0.1, -0.05) is 0 Å². The fraction of sp³-hybridized carbons (Fsp3) is 0.909. The van der Waals surface area contributed by atoms with Gasteiger partial charge in [-0.25, -0.2) is 0 Å². The zero-order valence-corrected chi connectivity index (χ0v) is 9.95. The maximum atomic E-state index is 11.3. The van der Waals surface area contributed by atoms with Crippen LogP contribution < -0.4 is 5.32 Å². The standard InChI is InChI=1S/C11H22N2O2/c1-13(2)11(14)6-7-12-9-4-5-10(8-9)15-3/h9-10,12H,4-8H2,1-3H3. The van der Waals surface area contributed by atoms with Gasteiger partial charge in [-0.3, -0.25) is 4.79 Å². The van der Waals surface area contributed by atoms with Gasteiger partial charge in [0.15, 0.2) is 0 Å². The van der Waals surface area contributed by atoms with Crippen LogP contribution in [-0.2, 0) is 9.53 Å². The summed E-state index contributed by atoms with van der Waals surface area (Å²) in [6.07, 6.45) is 4.37. The Bertz CT molecular complexity index is 207. The Labute approximate surface area is 92.0 Å². The lowest BCUT2D eigenvalue weighted by Crippen LogP contribution is -2.32. The first kappa shape index (κ1) is 12.5. The highest BCUT2D eigenvalue weighted by atomic mass is 16.5. The summed E-state index contributed by atoms with van der Waals surface area (Å²) in [5, 5.41) is 3.40. The molecule has 1 saturated carbocycles. The van der Waals surface area contributed by atoms with Gasteiger partial charge >= 0.3 is 0 Å². The van der Waals surface area contributed by atoms with E-state index in [1.807, 2.05) is 0 Å². The Morgan fingerprint density at radius 2 is 2.20 bits per heavy atom. The van der Waals surface area contributed by atoms with E-state index >= 15 is 0 Å². The topological polar surface area (TPSA) is 41.6 Å². The maximum absolute atomic E-state index is 11.3. The lowest BCUT2D eigenvalue weighted by atomic mass is 10.2. The van der Waals surface area contributed by atoms with Crippen molar-refractivity contribution in [3.05, 3.63) is 0 Å². The van der Waals surface area contributed by atoms with Crippen LogP contribution in [0.3, 0.4) is 0 Å². The molecule has 1 rings (SSSR count). The first-order valence-electron chi connectivity index (χ1n) is 5.59. The van der Waals surface area contributed by atoms with Gasteiger partial charge in [0.25, 0.3) is 0 Å². The predicted molar refractivity (Wildman–Crippen MR) is 59.7 cm³/mol. The fourth-order valence-electron chi connectivity index (χ4n) is 1.95. The van der Waals surface area contributed by atoms with E-state index < -0.39 is 0 Å². The van der Waals surface area contributed by atoms with E-state index in [0.29, 0.717) is 18.6 Å². The van der Waals surface area contributed by atoms with E-state index in [1.165, 1.54) is 0 Å². The van der Waals surface area contributed by atoms with Crippen LogP contribution in [0.5, 0.6) is 0 Å². The highest BCUT2D eigenvalue weighted by Crippen LogP contribution is 2.21. The van der Waals surface area contributed by atoms with Crippen molar-refractivity contribution in [2.24, 2.45) is 0 Å². The molecule has 0 heterocycles. The largest absolute Gasteiger partial charge is 0.381 e. The SMILES string of the molecule is COC1CCC(NCCC(=O)N(C)C)C1. The molecule has 0 aromatic carbocycles. The Morgan fingerprint density at radius 3 is 2.73 bits per heavy atom. The Kier molecular flexibility index (Phi) is 5.05. The van der Waals surface area contributed by atoms with Crippen molar-refractivity contribution in [1.29, 1.82) is 0 Å². The number of hydrogen-bond acceptors (Lipinski definition) is 3. The quantitative estimate of drug-likeness (QED) is 0.729. The molecule has 0 radical (unpaired) electrons. The zero-order valence-electron chi connectivity index (χ0n) is 9.95. The second-order valence-corrected chi connectivity index (χ2v) is 4.36. The third kappa shape index (κ3) is 4.18. The van der Waals surface area contributed by atoms with Crippen molar-refractivity contribution in [3.8, 4) is 0 Å². The number of ether oxygens (including phenoxy) is 1. The maximum Gasteiger partial charge on any atom is 0.223 e. The number of carbonyl (C=O) groups is 1. The second kappa shape index (κ2) is 6.08. The Balaban J connectivity index is 2.09. The normalized spacial score (nSPS) is 25.5. The minimum absolute atomic E-state index is 0.184. The molecule has 1 N–H and O–H groups in total. The molecule has 4 nitrogen and oxygen atoms in total. The third-order valence-corrected chi connectivity index (χ3v) is 2.99. The summed E-state index contributed by atoms with van der Waals surface area (Å²) >= 11 is 0. The first-order valence-corrected chi connectivity index (χ1v) is 5.59. The van der Waals surface area contributed by atoms with Crippen molar-refractivity contribution >= 4 is 5.91 Å². The minimum atomic E-state index is 0.184. The first-order chi connectivity index (χ1) is 7.13. The van der Waals surface area contributed by atoms with E-state index in [9.17, 15) is 4.79 Å². The van der Waals surface area contributed by atoms with E-state index in [0.717, 1.165) is 25.8 Å². The minimum Gasteiger partial charge on any atom is -0.381 e. The average Bonchev–Trinajstić information content (AvgIpc) is 2.65. The van der Waals surface area contributed by atoms with Crippen LogP contribution in [-0.4, -0.2) is 50.7 Å². The van der Waals surface area contributed by atoms with E-state index in [4.69, 9.17) is 4.74 Å². The van der Waals surface area contributed by atoms with Crippen molar-refractivity contribution in [3.63, 3.8) is 0 Å². The summed E-state index contributed by atoms with van der Waals surface area (Å²) in [5.41, 5.74) is 0. The van der Waals surface area contributed by atoms with Gasteiger partial charge in [-0.15, -0.1) is 0 Å². The molecule has 2 unspecified atom stereocenters. The average molecular weight is 214 g/mol. The molecule has 1 aliphatic carbocycles. The van der Waals surface area contributed by atoms with Crippen molar-refractivity contribution in [2.45, 2.75) is 37.8 Å². The molecule has 4 heteroatoms. The molecule has 1 amide bonds. The molecule has 0 aromatic rings. The van der Waals surface area contributed by atoms with Crippen LogP contribution in [0, 0.1) is 0 Å². The van der Waals surface area contributed by atoms with E-state index in [2.05, 4.69) is 5.32 Å². The molecule has 88 valence electrons. The molecule has 0 bridgehead atoms. The summed E-state index contributed by atoms with van der Waals surface area (Å²) < 4.78 is 5.29. The predicted octanol–water partition coefficient (Wildman–Crippen LogP) is 0.622. The van der Waals surface area contributed by atoms with Crippen molar-refractivity contribution in [1.82, 2.24) is 10.2 Å². The summed E-state index contributed by atoms with van der Waals surface area (Å²) in [7, 11) is 5.35. The molecule has 1 aliphatic rings. The number of amides is 1. The van der Waals surface area contributed by atoms with Crippen molar-refractivity contribution in [2.75, 3.05) is 27.7 Å². The summed E-state index contributed by atoms with van der Waals surface area (Å²) in [4.78, 5) is 12.9. The summed E-state index contributed by atoms with van der Waals surface area (Å²) in [5.74, 6) is 0.184. The van der Waals surface area contributed by atoms with Crippen LogP contribution in [0.4, 0.5) is 0 Å². The number of nitrogens with zero attached hydrogens (tertiary/aromatic N) is 1. The fourth-order valence-corrected chi connectivity index (χ4v) is 1.95. The molecule has 0 saturated heterocycles. The van der Waals surface area contributed by atoms with Gasteiger partial charge < -0.3 is 15.0 Å². The monoisotopic (exact) mass is 214 g/mol. The smallest absolute Gasteiger partial charge is 0.223 e. The van der Waals surface area contributed by atoms with Gasteiger partial charge in [0.2, 0.25) is 5.91 Å². The van der Waals surface area contributed by atoms with Crippen LogP contribution in [0.2, 0.25) is 0 Å². The zero-order chi connectivity index (χ0) is 11.3. The molecule has 1 fully saturated rings. The third-order valence-electron chi connectivity index (χ3n) is 2.99. The van der Waals surface area contributed by atoms with Crippen LogP contribution >= 0.6 is 0 Å². The number of rotatable bonds is 5. The number of nitrogens with one attached hydrogen (secondary N) is 1.